The number of amides is 1. The molecule has 0 atom stereocenters. The third-order valence-corrected chi connectivity index (χ3v) is 5.01. The van der Waals surface area contributed by atoms with Crippen LogP contribution >= 0.6 is 0 Å². The Hall–Kier alpha value is -4.59. The minimum Gasteiger partial charge on any atom is -0.493 e. The number of hydrogen-bond donors (Lipinski definition) is 1. The number of carbonyl (C=O) groups is 1. The summed E-state index contributed by atoms with van der Waals surface area (Å²) in [5.41, 5.74) is 2.57. The lowest BCUT2D eigenvalue weighted by Gasteiger charge is -2.11. The van der Waals surface area contributed by atoms with Crippen molar-refractivity contribution < 1.29 is 23.7 Å². The molecule has 0 saturated heterocycles. The van der Waals surface area contributed by atoms with Crippen molar-refractivity contribution in [3.05, 3.63) is 84.7 Å². The van der Waals surface area contributed by atoms with E-state index < -0.39 is 0 Å². The Morgan fingerprint density at radius 2 is 1.41 bits per heavy atom. The summed E-state index contributed by atoms with van der Waals surface area (Å²) in [7, 11) is 4.68. The second-order valence-corrected chi connectivity index (χ2v) is 7.10. The first kappa shape index (κ1) is 22.6. The van der Waals surface area contributed by atoms with E-state index in [-0.39, 0.29) is 5.91 Å². The number of hydrogen-bond acceptors (Lipinski definition) is 7. The van der Waals surface area contributed by atoms with Gasteiger partial charge in [0.05, 0.1) is 27.0 Å². The summed E-state index contributed by atoms with van der Waals surface area (Å²) in [5, 5.41) is 2.86. The molecule has 0 radical (unpaired) electrons. The first-order valence-electron chi connectivity index (χ1n) is 10.4. The van der Waals surface area contributed by atoms with E-state index in [1.807, 2.05) is 30.3 Å². The number of para-hydroxylation sites is 2. The summed E-state index contributed by atoms with van der Waals surface area (Å²) in [4.78, 5) is 21.2. The standard InChI is InChI=1S/C26H23N3O5/c1-31-21-6-4-5-7-23(21)34-25-15-20(27-16-28-25)17-8-10-18(11-9-17)26(30)29-19-12-13-22(32-2)24(14-19)33-3/h4-16H,1-3H3,(H,29,30). The average Bonchev–Trinajstić information content (AvgIpc) is 2.89. The molecule has 0 unspecified atom stereocenters. The first-order valence-corrected chi connectivity index (χ1v) is 10.4. The minimum absolute atomic E-state index is 0.248. The summed E-state index contributed by atoms with van der Waals surface area (Å²) in [6, 6.07) is 21.3. The van der Waals surface area contributed by atoms with Crippen LogP contribution in [0.1, 0.15) is 10.4 Å². The van der Waals surface area contributed by atoms with Gasteiger partial charge in [0.2, 0.25) is 5.88 Å². The fourth-order valence-corrected chi connectivity index (χ4v) is 3.28. The van der Waals surface area contributed by atoms with Gasteiger partial charge < -0.3 is 24.3 Å². The lowest BCUT2D eigenvalue weighted by atomic mass is 10.1. The van der Waals surface area contributed by atoms with Crippen LogP contribution in [0, 0.1) is 0 Å². The highest BCUT2D eigenvalue weighted by Gasteiger charge is 2.11. The van der Waals surface area contributed by atoms with Crippen molar-refractivity contribution in [2.75, 3.05) is 26.6 Å². The van der Waals surface area contributed by atoms with E-state index in [2.05, 4.69) is 15.3 Å². The van der Waals surface area contributed by atoms with Crippen molar-refractivity contribution in [1.29, 1.82) is 0 Å². The zero-order valence-electron chi connectivity index (χ0n) is 18.9. The predicted octanol–water partition coefficient (Wildman–Crippen LogP) is 5.21. The number of nitrogens with one attached hydrogen (secondary N) is 1. The summed E-state index contributed by atoms with van der Waals surface area (Å²) in [6.07, 6.45) is 1.43. The van der Waals surface area contributed by atoms with Crippen molar-refractivity contribution in [2.45, 2.75) is 0 Å². The van der Waals surface area contributed by atoms with Crippen LogP contribution in [0.3, 0.4) is 0 Å². The quantitative estimate of drug-likeness (QED) is 0.388. The van der Waals surface area contributed by atoms with Gasteiger partial charge in [-0.2, -0.15) is 0 Å². The first-order chi connectivity index (χ1) is 16.6. The van der Waals surface area contributed by atoms with Gasteiger partial charge in [0.15, 0.2) is 23.0 Å². The predicted molar refractivity (Wildman–Crippen MR) is 128 cm³/mol. The maximum absolute atomic E-state index is 12.7. The monoisotopic (exact) mass is 457 g/mol. The molecule has 4 rings (SSSR count). The highest BCUT2D eigenvalue weighted by atomic mass is 16.5. The van der Waals surface area contributed by atoms with Crippen molar-refractivity contribution in [2.24, 2.45) is 0 Å². The average molecular weight is 457 g/mol. The molecule has 34 heavy (non-hydrogen) atoms. The van der Waals surface area contributed by atoms with Crippen LogP contribution in [-0.4, -0.2) is 37.2 Å². The van der Waals surface area contributed by atoms with E-state index >= 15 is 0 Å². The zero-order chi connectivity index (χ0) is 23.9. The number of anilines is 1. The van der Waals surface area contributed by atoms with E-state index in [0.29, 0.717) is 45.8 Å². The van der Waals surface area contributed by atoms with E-state index in [0.717, 1.165) is 5.56 Å². The Bertz CT molecular complexity index is 1290. The van der Waals surface area contributed by atoms with Gasteiger partial charge in [0.1, 0.15) is 6.33 Å². The number of nitrogens with zero attached hydrogens (tertiary/aromatic N) is 2. The lowest BCUT2D eigenvalue weighted by Crippen LogP contribution is -2.11. The molecule has 1 N–H and O–H groups in total. The molecule has 172 valence electrons. The van der Waals surface area contributed by atoms with Crippen LogP contribution < -0.4 is 24.3 Å². The van der Waals surface area contributed by atoms with Crippen molar-refractivity contribution in [3.8, 4) is 40.1 Å². The Kier molecular flexibility index (Phi) is 6.88. The largest absolute Gasteiger partial charge is 0.493 e. The fraction of sp³-hybridized carbons (Fsp3) is 0.115. The summed E-state index contributed by atoms with van der Waals surface area (Å²) in [5.74, 6) is 2.41. The number of rotatable bonds is 8. The topological polar surface area (TPSA) is 91.8 Å². The molecular weight excluding hydrogens is 434 g/mol. The molecule has 1 aromatic heterocycles. The molecule has 0 spiro atoms. The van der Waals surface area contributed by atoms with Crippen molar-refractivity contribution >= 4 is 11.6 Å². The number of carbonyl (C=O) groups excluding carboxylic acids is 1. The van der Waals surface area contributed by atoms with Crippen LogP contribution in [0.2, 0.25) is 0 Å². The second-order valence-electron chi connectivity index (χ2n) is 7.10. The summed E-state index contributed by atoms with van der Waals surface area (Å²) < 4.78 is 21.7. The molecule has 0 aliphatic carbocycles. The molecular formula is C26H23N3O5. The SMILES string of the molecule is COc1ccc(NC(=O)c2ccc(-c3cc(Oc4ccccc4OC)ncn3)cc2)cc1OC. The van der Waals surface area contributed by atoms with Crippen LogP contribution in [-0.2, 0) is 0 Å². The molecule has 0 bridgehead atoms. The molecule has 0 aliphatic heterocycles. The second kappa shape index (κ2) is 10.4. The maximum Gasteiger partial charge on any atom is 0.255 e. The van der Waals surface area contributed by atoms with Crippen LogP contribution in [0.25, 0.3) is 11.3 Å². The molecule has 0 aliphatic rings. The molecule has 4 aromatic rings. The number of benzene rings is 3. The minimum atomic E-state index is -0.248. The van der Waals surface area contributed by atoms with Crippen LogP contribution in [0.5, 0.6) is 28.9 Å². The fourth-order valence-electron chi connectivity index (χ4n) is 3.28. The molecule has 0 fully saturated rings. The molecule has 1 heterocycles. The number of ether oxygens (including phenoxy) is 4. The third kappa shape index (κ3) is 5.07. The van der Waals surface area contributed by atoms with Gasteiger partial charge in [-0.15, -0.1) is 0 Å². The Balaban J connectivity index is 1.48. The molecule has 3 aromatic carbocycles. The van der Waals surface area contributed by atoms with E-state index in [1.165, 1.54) is 6.33 Å². The molecule has 0 saturated carbocycles. The smallest absolute Gasteiger partial charge is 0.255 e. The molecule has 8 nitrogen and oxygen atoms in total. The Morgan fingerprint density at radius 3 is 2.12 bits per heavy atom. The summed E-state index contributed by atoms with van der Waals surface area (Å²) >= 11 is 0. The van der Waals surface area contributed by atoms with Gasteiger partial charge in [-0.05, 0) is 36.4 Å². The maximum atomic E-state index is 12.7. The van der Waals surface area contributed by atoms with Crippen LogP contribution in [0.4, 0.5) is 5.69 Å². The normalized spacial score (nSPS) is 10.3. The zero-order valence-corrected chi connectivity index (χ0v) is 18.9. The molecule has 8 heteroatoms. The lowest BCUT2D eigenvalue weighted by molar-refractivity contribution is 0.102. The van der Waals surface area contributed by atoms with Gasteiger partial charge in [-0.1, -0.05) is 24.3 Å². The van der Waals surface area contributed by atoms with Crippen molar-refractivity contribution in [1.82, 2.24) is 9.97 Å². The molecule has 1 amide bonds. The number of methoxy groups -OCH3 is 3. The van der Waals surface area contributed by atoms with Gasteiger partial charge in [-0.25, -0.2) is 9.97 Å². The van der Waals surface area contributed by atoms with E-state index in [9.17, 15) is 4.79 Å². The highest BCUT2D eigenvalue weighted by molar-refractivity contribution is 6.04. The summed E-state index contributed by atoms with van der Waals surface area (Å²) in [6.45, 7) is 0. The van der Waals surface area contributed by atoms with Gasteiger partial charge in [0.25, 0.3) is 5.91 Å². The van der Waals surface area contributed by atoms with E-state index in [1.54, 1.807) is 63.8 Å². The van der Waals surface area contributed by atoms with Gasteiger partial charge in [-0.3, -0.25) is 4.79 Å². The van der Waals surface area contributed by atoms with Crippen molar-refractivity contribution in [3.63, 3.8) is 0 Å². The van der Waals surface area contributed by atoms with Gasteiger partial charge in [0, 0.05) is 28.9 Å². The van der Waals surface area contributed by atoms with E-state index in [4.69, 9.17) is 18.9 Å². The van der Waals surface area contributed by atoms with Gasteiger partial charge >= 0.3 is 0 Å². The Morgan fingerprint density at radius 1 is 0.735 bits per heavy atom. The van der Waals surface area contributed by atoms with Crippen LogP contribution in [0.15, 0.2) is 79.1 Å². The Labute approximate surface area is 197 Å². The highest BCUT2D eigenvalue weighted by Crippen LogP contribution is 2.32. The third-order valence-electron chi connectivity index (χ3n) is 5.01. The number of aromatic nitrogens is 2.